The standard InChI is InChI=1S/C20H16ClF3N4O2S/c21-12-3-1-2-4-15(12)30-9-16-26-27-20(28(16)11-5-6-11)31-10-17(29)25-14-8-7-13(22)18(23)19(14)24/h1-4,7-8,11H,5-6,9-10H2,(H,25,29). The number of anilines is 1. The van der Waals surface area contributed by atoms with Crippen LogP contribution >= 0.6 is 23.4 Å². The fraction of sp³-hybridized carbons (Fsp3) is 0.250. The summed E-state index contributed by atoms with van der Waals surface area (Å²) in [6.07, 6.45) is 1.91. The lowest BCUT2D eigenvalue weighted by Gasteiger charge is -2.11. The molecule has 0 radical (unpaired) electrons. The maximum Gasteiger partial charge on any atom is 0.234 e. The fourth-order valence-electron chi connectivity index (χ4n) is 2.85. The van der Waals surface area contributed by atoms with Crippen LogP contribution in [0.1, 0.15) is 24.7 Å². The van der Waals surface area contributed by atoms with E-state index >= 15 is 0 Å². The topological polar surface area (TPSA) is 69.0 Å². The molecule has 4 rings (SSSR count). The van der Waals surface area contributed by atoms with Gasteiger partial charge < -0.3 is 10.1 Å². The molecule has 1 aliphatic rings. The Morgan fingerprint density at radius 2 is 1.94 bits per heavy atom. The number of nitrogens with one attached hydrogen (secondary N) is 1. The Hall–Kier alpha value is -2.72. The highest BCUT2D eigenvalue weighted by molar-refractivity contribution is 7.99. The minimum atomic E-state index is -1.64. The summed E-state index contributed by atoms with van der Waals surface area (Å²) in [5.41, 5.74) is -0.429. The van der Waals surface area contributed by atoms with E-state index in [1.807, 2.05) is 10.6 Å². The number of ether oxygens (including phenoxy) is 1. The lowest BCUT2D eigenvalue weighted by molar-refractivity contribution is -0.113. The summed E-state index contributed by atoms with van der Waals surface area (Å²) in [5, 5.41) is 11.5. The van der Waals surface area contributed by atoms with Crippen LogP contribution in [0.2, 0.25) is 5.02 Å². The Labute approximate surface area is 184 Å². The average Bonchev–Trinajstić information content (AvgIpc) is 3.52. The second-order valence-electron chi connectivity index (χ2n) is 6.78. The summed E-state index contributed by atoms with van der Waals surface area (Å²) in [5.74, 6) is -3.99. The molecule has 0 aliphatic heterocycles. The monoisotopic (exact) mass is 468 g/mol. The number of hydrogen-bond donors (Lipinski definition) is 1. The molecule has 1 fully saturated rings. The minimum absolute atomic E-state index is 0.116. The Kier molecular flexibility index (Phi) is 6.38. The molecule has 1 N–H and O–H groups in total. The molecule has 0 bridgehead atoms. The Morgan fingerprint density at radius 1 is 1.16 bits per heavy atom. The first kappa shape index (κ1) is 21.5. The zero-order valence-corrected chi connectivity index (χ0v) is 17.5. The number of para-hydroxylation sites is 1. The van der Waals surface area contributed by atoms with Crippen molar-refractivity contribution in [3.8, 4) is 5.75 Å². The van der Waals surface area contributed by atoms with E-state index in [9.17, 15) is 18.0 Å². The van der Waals surface area contributed by atoms with Gasteiger partial charge in [0.25, 0.3) is 0 Å². The van der Waals surface area contributed by atoms with E-state index in [1.165, 1.54) is 0 Å². The molecule has 0 atom stereocenters. The minimum Gasteiger partial charge on any atom is -0.484 e. The molecule has 6 nitrogen and oxygen atoms in total. The fourth-order valence-corrected chi connectivity index (χ4v) is 3.86. The highest BCUT2D eigenvalue weighted by Crippen LogP contribution is 2.39. The third kappa shape index (κ3) is 4.96. The van der Waals surface area contributed by atoms with Crippen LogP contribution < -0.4 is 10.1 Å². The van der Waals surface area contributed by atoms with Crippen molar-refractivity contribution in [3.63, 3.8) is 0 Å². The van der Waals surface area contributed by atoms with Crippen molar-refractivity contribution < 1.29 is 22.7 Å². The van der Waals surface area contributed by atoms with Gasteiger partial charge in [0.1, 0.15) is 12.4 Å². The third-order valence-electron chi connectivity index (χ3n) is 4.48. The van der Waals surface area contributed by atoms with Crippen LogP contribution in [0, 0.1) is 17.5 Å². The number of carbonyl (C=O) groups excluding carboxylic acids is 1. The molecule has 1 amide bonds. The molecule has 2 aromatic carbocycles. The number of aromatic nitrogens is 3. The first-order valence-corrected chi connectivity index (χ1v) is 10.7. The summed E-state index contributed by atoms with van der Waals surface area (Å²) in [4.78, 5) is 12.2. The van der Waals surface area contributed by atoms with Gasteiger partial charge in [0.05, 0.1) is 16.5 Å². The molecule has 0 spiro atoms. The van der Waals surface area contributed by atoms with Gasteiger partial charge in [-0.25, -0.2) is 13.2 Å². The summed E-state index contributed by atoms with van der Waals surface area (Å²) >= 11 is 7.21. The summed E-state index contributed by atoms with van der Waals surface area (Å²) in [6, 6.07) is 9.00. The summed E-state index contributed by atoms with van der Waals surface area (Å²) in [7, 11) is 0. The van der Waals surface area contributed by atoms with Crippen molar-refractivity contribution in [2.45, 2.75) is 30.6 Å². The predicted molar refractivity (Wildman–Crippen MR) is 110 cm³/mol. The van der Waals surface area contributed by atoms with Gasteiger partial charge in [0.15, 0.2) is 28.4 Å². The van der Waals surface area contributed by atoms with Crippen LogP contribution in [0.25, 0.3) is 0 Å². The van der Waals surface area contributed by atoms with Crippen molar-refractivity contribution in [1.82, 2.24) is 14.8 Å². The van der Waals surface area contributed by atoms with E-state index in [1.54, 1.807) is 18.2 Å². The number of amides is 1. The molecule has 162 valence electrons. The third-order valence-corrected chi connectivity index (χ3v) is 5.74. The van der Waals surface area contributed by atoms with Crippen molar-refractivity contribution in [1.29, 1.82) is 0 Å². The SMILES string of the molecule is O=C(CSc1nnc(COc2ccccc2Cl)n1C1CC1)Nc1ccc(F)c(F)c1F. The van der Waals surface area contributed by atoms with Crippen LogP contribution in [-0.2, 0) is 11.4 Å². The number of carbonyl (C=O) groups is 1. The van der Waals surface area contributed by atoms with Gasteiger partial charge in [-0.2, -0.15) is 0 Å². The van der Waals surface area contributed by atoms with Crippen LogP contribution in [0.4, 0.5) is 18.9 Å². The van der Waals surface area contributed by atoms with Gasteiger partial charge in [0.2, 0.25) is 5.91 Å². The van der Waals surface area contributed by atoms with E-state index in [-0.39, 0.29) is 18.4 Å². The van der Waals surface area contributed by atoms with Crippen molar-refractivity contribution in [2.75, 3.05) is 11.1 Å². The predicted octanol–water partition coefficient (Wildman–Crippen LogP) is 4.99. The lowest BCUT2D eigenvalue weighted by atomic mass is 10.3. The molecule has 1 heterocycles. The van der Waals surface area contributed by atoms with E-state index in [4.69, 9.17) is 16.3 Å². The molecule has 0 unspecified atom stereocenters. The van der Waals surface area contributed by atoms with Gasteiger partial charge >= 0.3 is 0 Å². The molecule has 1 aromatic heterocycles. The molecule has 3 aromatic rings. The van der Waals surface area contributed by atoms with Crippen molar-refractivity contribution in [3.05, 3.63) is 64.7 Å². The summed E-state index contributed by atoms with van der Waals surface area (Å²) in [6.45, 7) is 0.153. The van der Waals surface area contributed by atoms with Crippen LogP contribution in [0.5, 0.6) is 5.75 Å². The van der Waals surface area contributed by atoms with Gasteiger partial charge in [-0.3, -0.25) is 9.36 Å². The van der Waals surface area contributed by atoms with Gasteiger partial charge in [-0.1, -0.05) is 35.5 Å². The molecule has 31 heavy (non-hydrogen) atoms. The molecule has 0 saturated heterocycles. The maximum atomic E-state index is 13.7. The second-order valence-corrected chi connectivity index (χ2v) is 8.13. The van der Waals surface area contributed by atoms with E-state index in [0.29, 0.717) is 21.8 Å². The van der Waals surface area contributed by atoms with Gasteiger partial charge in [-0.05, 0) is 37.1 Å². The van der Waals surface area contributed by atoms with Gasteiger partial charge in [-0.15, -0.1) is 10.2 Å². The maximum absolute atomic E-state index is 13.7. The molecular weight excluding hydrogens is 453 g/mol. The molecule has 1 saturated carbocycles. The number of rotatable bonds is 8. The van der Waals surface area contributed by atoms with Crippen LogP contribution in [-0.4, -0.2) is 26.4 Å². The first-order valence-electron chi connectivity index (χ1n) is 9.31. The number of nitrogens with zero attached hydrogens (tertiary/aromatic N) is 3. The van der Waals surface area contributed by atoms with Gasteiger partial charge in [0, 0.05) is 6.04 Å². The Balaban J connectivity index is 1.40. The molecular formula is C20H16ClF3N4O2S. The Bertz CT molecular complexity index is 1120. The van der Waals surface area contributed by atoms with E-state index < -0.39 is 29.0 Å². The second kappa shape index (κ2) is 9.19. The van der Waals surface area contributed by atoms with Crippen LogP contribution in [0.3, 0.4) is 0 Å². The number of hydrogen-bond acceptors (Lipinski definition) is 5. The van der Waals surface area contributed by atoms with E-state index in [2.05, 4.69) is 15.5 Å². The van der Waals surface area contributed by atoms with E-state index in [0.717, 1.165) is 36.7 Å². The first-order chi connectivity index (χ1) is 14.9. The number of halogens is 4. The average molecular weight is 469 g/mol. The highest BCUT2D eigenvalue weighted by atomic mass is 35.5. The largest absolute Gasteiger partial charge is 0.484 e. The quantitative estimate of drug-likeness (QED) is 0.372. The Morgan fingerprint density at radius 3 is 2.68 bits per heavy atom. The normalized spacial score (nSPS) is 13.3. The smallest absolute Gasteiger partial charge is 0.234 e. The number of thioether (sulfide) groups is 1. The summed E-state index contributed by atoms with van der Waals surface area (Å²) < 4.78 is 47.7. The molecule has 11 heteroatoms. The number of benzene rings is 2. The molecule has 1 aliphatic carbocycles. The van der Waals surface area contributed by atoms with Crippen molar-refractivity contribution >= 4 is 35.0 Å². The zero-order valence-electron chi connectivity index (χ0n) is 15.9. The zero-order chi connectivity index (χ0) is 22.0. The van der Waals surface area contributed by atoms with Crippen molar-refractivity contribution in [2.24, 2.45) is 0 Å². The van der Waals surface area contributed by atoms with Crippen LogP contribution in [0.15, 0.2) is 41.6 Å². The highest BCUT2D eigenvalue weighted by Gasteiger charge is 2.30. The lowest BCUT2D eigenvalue weighted by Crippen LogP contribution is -2.16.